The fourth-order valence-electron chi connectivity index (χ4n) is 0.644. The van der Waals surface area contributed by atoms with Gasteiger partial charge in [-0.05, 0) is 20.8 Å². The lowest BCUT2D eigenvalue weighted by Crippen LogP contribution is -2.34. The van der Waals surface area contributed by atoms with Gasteiger partial charge in [0, 0.05) is 0 Å². The number of ether oxygens (including phenoxy) is 1. The van der Waals surface area contributed by atoms with E-state index in [1.165, 1.54) is 0 Å². The number of carbonyl (C=O) groups is 3. The molecule has 2 N–H and O–H groups in total. The summed E-state index contributed by atoms with van der Waals surface area (Å²) in [7, 11) is 0. The Kier molecular flexibility index (Phi) is 4.26. The van der Waals surface area contributed by atoms with Gasteiger partial charge in [-0.25, -0.2) is 4.79 Å². The van der Waals surface area contributed by atoms with E-state index in [1.54, 1.807) is 20.8 Å². The van der Waals surface area contributed by atoms with E-state index >= 15 is 0 Å². The quantitative estimate of drug-likeness (QED) is 0.666. The van der Waals surface area contributed by atoms with Crippen LogP contribution in [0.2, 0.25) is 0 Å². The molecule has 0 saturated carbocycles. The molecule has 6 heteroatoms. The molecule has 0 aliphatic heterocycles. The first-order valence-electron chi connectivity index (χ1n) is 4.30. The van der Waals surface area contributed by atoms with Crippen LogP contribution in [0.25, 0.3) is 0 Å². The van der Waals surface area contributed by atoms with E-state index in [0.29, 0.717) is 0 Å². The summed E-state index contributed by atoms with van der Waals surface area (Å²) in [6.07, 6.45) is -2.37. The van der Waals surface area contributed by atoms with E-state index in [-0.39, 0.29) is 0 Å². The lowest BCUT2D eigenvalue weighted by atomic mass is 9.97. The van der Waals surface area contributed by atoms with Gasteiger partial charge in [0.15, 0.2) is 0 Å². The van der Waals surface area contributed by atoms with E-state index in [4.69, 9.17) is 10.2 Å². The molecule has 6 nitrogen and oxygen atoms in total. The molecule has 0 aromatic carbocycles. The van der Waals surface area contributed by atoms with Crippen molar-refractivity contribution >= 4 is 17.9 Å². The second-order valence-electron chi connectivity index (χ2n) is 4.08. The molecule has 0 aromatic rings. The summed E-state index contributed by atoms with van der Waals surface area (Å²) < 4.78 is 4.57. The van der Waals surface area contributed by atoms with Crippen LogP contribution in [0.15, 0.2) is 0 Å². The Bertz CT molecular complexity index is 275. The third-order valence-electron chi connectivity index (χ3n) is 1.50. The van der Waals surface area contributed by atoms with Gasteiger partial charge in [-0.1, -0.05) is 0 Å². The molecular weight excluding hydrogens is 204 g/mol. The second kappa shape index (κ2) is 4.77. The molecular formula is C9H14O6. The van der Waals surface area contributed by atoms with Crippen LogP contribution in [0.4, 0.5) is 0 Å². The Labute approximate surface area is 86.8 Å². The van der Waals surface area contributed by atoms with Crippen molar-refractivity contribution in [1.29, 1.82) is 0 Å². The molecule has 0 spiro atoms. The monoisotopic (exact) mass is 218 g/mol. The van der Waals surface area contributed by atoms with Crippen molar-refractivity contribution in [2.45, 2.75) is 33.3 Å². The average molecular weight is 218 g/mol. The van der Waals surface area contributed by atoms with E-state index in [9.17, 15) is 14.4 Å². The average Bonchev–Trinajstić information content (AvgIpc) is 1.99. The van der Waals surface area contributed by atoms with Crippen LogP contribution in [-0.4, -0.2) is 34.2 Å². The smallest absolute Gasteiger partial charge is 0.345 e. The number of aliphatic carboxylic acids is 2. The number of esters is 1. The van der Waals surface area contributed by atoms with Crippen LogP contribution in [0.3, 0.4) is 0 Å². The number of hydrogen-bond acceptors (Lipinski definition) is 4. The molecule has 86 valence electrons. The summed E-state index contributed by atoms with van der Waals surface area (Å²) in [5.41, 5.74) is -0.855. The lowest BCUT2D eigenvalue weighted by Gasteiger charge is -2.19. The molecule has 0 heterocycles. The summed E-state index contributed by atoms with van der Waals surface area (Å²) in [6.45, 7) is 4.65. The predicted molar refractivity (Wildman–Crippen MR) is 49.2 cm³/mol. The topological polar surface area (TPSA) is 101 Å². The van der Waals surface area contributed by atoms with Gasteiger partial charge in [0.25, 0.3) is 0 Å². The van der Waals surface area contributed by atoms with Crippen molar-refractivity contribution in [2.24, 2.45) is 5.41 Å². The number of carboxylic acids is 2. The highest BCUT2D eigenvalue weighted by Gasteiger charge is 2.31. The zero-order valence-electron chi connectivity index (χ0n) is 8.81. The molecule has 0 radical (unpaired) electrons. The van der Waals surface area contributed by atoms with Gasteiger partial charge in [-0.3, -0.25) is 9.59 Å². The fourth-order valence-corrected chi connectivity index (χ4v) is 0.644. The van der Waals surface area contributed by atoms with Crippen molar-refractivity contribution in [2.75, 3.05) is 0 Å². The predicted octanol–water partition coefficient (Wildman–Crippen LogP) is 0.504. The molecule has 15 heavy (non-hydrogen) atoms. The molecule has 0 rings (SSSR count). The summed E-state index contributed by atoms with van der Waals surface area (Å²) in [5.74, 6) is -3.53. The Morgan fingerprint density at radius 1 is 1.20 bits per heavy atom. The van der Waals surface area contributed by atoms with Gasteiger partial charge in [-0.2, -0.15) is 0 Å². The minimum atomic E-state index is -1.63. The highest BCUT2D eigenvalue weighted by Crippen LogP contribution is 2.17. The van der Waals surface area contributed by atoms with Crippen LogP contribution in [-0.2, 0) is 19.1 Å². The normalized spacial score (nSPS) is 13.0. The van der Waals surface area contributed by atoms with Crippen molar-refractivity contribution in [3.63, 3.8) is 0 Å². The van der Waals surface area contributed by atoms with E-state index in [2.05, 4.69) is 4.74 Å². The Morgan fingerprint density at radius 2 is 1.67 bits per heavy atom. The molecule has 0 bridgehead atoms. The van der Waals surface area contributed by atoms with Crippen molar-refractivity contribution in [3.8, 4) is 0 Å². The standard InChI is InChI=1S/C9H14O6/c1-9(2,3)8(14)15-5(7(12)13)4-6(10)11/h5H,4H2,1-3H3,(H,10,11)(H,12,13). The van der Waals surface area contributed by atoms with Crippen LogP contribution in [0, 0.1) is 5.41 Å². The molecule has 1 atom stereocenters. The van der Waals surface area contributed by atoms with Gasteiger partial charge in [0.1, 0.15) is 0 Å². The van der Waals surface area contributed by atoms with Crippen molar-refractivity contribution < 1.29 is 29.3 Å². The third kappa shape index (κ3) is 4.99. The molecule has 0 saturated heterocycles. The summed E-state index contributed by atoms with van der Waals surface area (Å²) in [4.78, 5) is 32.1. The zero-order chi connectivity index (χ0) is 12.2. The highest BCUT2D eigenvalue weighted by molar-refractivity contribution is 5.84. The van der Waals surface area contributed by atoms with Crippen LogP contribution in [0.5, 0.6) is 0 Å². The largest absolute Gasteiger partial charge is 0.481 e. The van der Waals surface area contributed by atoms with Crippen LogP contribution in [0.1, 0.15) is 27.2 Å². The maximum absolute atomic E-state index is 11.3. The van der Waals surface area contributed by atoms with Gasteiger partial charge in [0.2, 0.25) is 6.10 Å². The van der Waals surface area contributed by atoms with Gasteiger partial charge >= 0.3 is 17.9 Å². The number of rotatable bonds is 4. The van der Waals surface area contributed by atoms with E-state index in [0.717, 1.165) is 0 Å². The zero-order valence-corrected chi connectivity index (χ0v) is 8.81. The molecule has 0 aromatic heterocycles. The number of hydrogen-bond donors (Lipinski definition) is 2. The van der Waals surface area contributed by atoms with E-state index < -0.39 is 35.8 Å². The molecule has 0 fully saturated rings. The molecule has 0 aliphatic rings. The maximum atomic E-state index is 11.3. The molecule has 0 aliphatic carbocycles. The SMILES string of the molecule is CC(C)(C)C(=O)OC(CC(=O)O)C(=O)O. The van der Waals surface area contributed by atoms with Crippen molar-refractivity contribution in [1.82, 2.24) is 0 Å². The molecule has 0 amide bonds. The molecule has 1 unspecified atom stereocenters. The summed E-state index contributed by atoms with van der Waals surface area (Å²) in [6, 6.07) is 0. The first-order valence-corrected chi connectivity index (χ1v) is 4.30. The van der Waals surface area contributed by atoms with Crippen LogP contribution < -0.4 is 0 Å². The Balaban J connectivity index is 4.50. The highest BCUT2D eigenvalue weighted by atomic mass is 16.6. The Morgan fingerprint density at radius 3 is 1.93 bits per heavy atom. The lowest BCUT2D eigenvalue weighted by molar-refractivity contribution is -0.172. The number of carboxylic acid groups (broad SMARTS) is 2. The van der Waals surface area contributed by atoms with Crippen molar-refractivity contribution in [3.05, 3.63) is 0 Å². The summed E-state index contributed by atoms with van der Waals surface area (Å²) in [5, 5.41) is 17.0. The minimum Gasteiger partial charge on any atom is -0.481 e. The second-order valence-corrected chi connectivity index (χ2v) is 4.08. The Hall–Kier alpha value is -1.59. The first-order chi connectivity index (χ1) is 6.64. The van der Waals surface area contributed by atoms with Gasteiger partial charge in [0.05, 0.1) is 11.8 Å². The van der Waals surface area contributed by atoms with E-state index in [1.807, 2.05) is 0 Å². The minimum absolute atomic E-state index is 0.739. The number of carbonyl (C=O) groups excluding carboxylic acids is 1. The maximum Gasteiger partial charge on any atom is 0.345 e. The van der Waals surface area contributed by atoms with Crippen LogP contribution >= 0.6 is 0 Å². The third-order valence-corrected chi connectivity index (χ3v) is 1.50. The summed E-state index contributed by atoms with van der Waals surface area (Å²) >= 11 is 0. The fraction of sp³-hybridized carbons (Fsp3) is 0.667. The van der Waals surface area contributed by atoms with Gasteiger partial charge in [-0.15, -0.1) is 0 Å². The first kappa shape index (κ1) is 13.4. The van der Waals surface area contributed by atoms with Gasteiger partial charge < -0.3 is 14.9 Å².